The maximum absolute atomic E-state index is 13.9. The highest BCUT2D eigenvalue weighted by atomic mass is 19.1. The molecule has 0 amide bonds. The fourth-order valence-electron chi connectivity index (χ4n) is 2.16. The van der Waals surface area contributed by atoms with Crippen molar-refractivity contribution in [2.45, 2.75) is 6.54 Å². The largest absolute Gasteiger partial charge is 0.389 e. The van der Waals surface area contributed by atoms with Crippen molar-refractivity contribution < 1.29 is 8.91 Å². The molecule has 0 fully saturated rings. The van der Waals surface area contributed by atoms with Crippen LogP contribution in [0.4, 0.5) is 4.39 Å². The molecule has 5 N–H and O–H groups in total. The van der Waals surface area contributed by atoms with Gasteiger partial charge < -0.3 is 20.9 Å². The molecule has 28 heavy (non-hydrogen) atoms. The highest BCUT2D eigenvalue weighted by Crippen LogP contribution is 2.12. The smallest absolute Gasteiger partial charge is 0.176 e. The number of halogens is 1. The average molecular weight is 383 g/mol. The maximum atomic E-state index is 13.9. The van der Waals surface area contributed by atoms with Gasteiger partial charge in [-0.05, 0) is 18.9 Å². The molecular formula is C19H22FN7O. The molecule has 2 aromatic rings. The van der Waals surface area contributed by atoms with Crippen LogP contribution in [0.1, 0.15) is 11.3 Å². The van der Waals surface area contributed by atoms with Crippen molar-refractivity contribution in [2.75, 3.05) is 13.6 Å². The molecule has 0 aliphatic carbocycles. The first kappa shape index (κ1) is 20.7. The Balaban J connectivity index is 2.27. The van der Waals surface area contributed by atoms with Gasteiger partial charge in [0, 0.05) is 43.7 Å². The van der Waals surface area contributed by atoms with Crippen molar-refractivity contribution in [2.24, 2.45) is 15.7 Å². The zero-order chi connectivity index (χ0) is 20.4. The number of benzene rings is 1. The van der Waals surface area contributed by atoms with E-state index < -0.39 is 0 Å². The Hall–Kier alpha value is -3.59. The van der Waals surface area contributed by atoms with Crippen molar-refractivity contribution in [3.05, 3.63) is 71.6 Å². The van der Waals surface area contributed by atoms with E-state index >= 15 is 0 Å². The molecule has 0 aliphatic heterocycles. The highest BCUT2D eigenvalue weighted by Gasteiger charge is 2.10. The molecule has 9 heteroatoms. The summed E-state index contributed by atoms with van der Waals surface area (Å²) in [6, 6.07) is 8.04. The summed E-state index contributed by atoms with van der Waals surface area (Å²) >= 11 is 0. The molecule has 146 valence electrons. The van der Waals surface area contributed by atoms with Crippen LogP contribution < -0.4 is 16.4 Å². The Kier molecular flexibility index (Phi) is 7.79. The molecule has 1 heterocycles. The minimum atomic E-state index is -0.328. The fourth-order valence-corrected chi connectivity index (χ4v) is 2.16. The van der Waals surface area contributed by atoms with Crippen LogP contribution in [0.25, 0.3) is 5.70 Å². The zero-order valence-corrected chi connectivity index (χ0v) is 15.4. The Morgan fingerprint density at radius 1 is 1.39 bits per heavy atom. The van der Waals surface area contributed by atoms with Crippen LogP contribution in [-0.2, 0) is 6.54 Å². The topological polar surface area (TPSA) is 125 Å². The number of likely N-dealkylation sites (N-methyl/N-ethyl adjacent to an activating group) is 1. The van der Waals surface area contributed by atoms with Gasteiger partial charge in [-0.2, -0.15) is 0 Å². The van der Waals surface area contributed by atoms with Gasteiger partial charge in [-0.1, -0.05) is 23.4 Å². The second kappa shape index (κ2) is 10.5. The van der Waals surface area contributed by atoms with Gasteiger partial charge in [-0.25, -0.2) is 14.4 Å². The average Bonchev–Trinajstić information content (AvgIpc) is 3.24. The first-order chi connectivity index (χ1) is 13.6. The quantitative estimate of drug-likeness (QED) is 0.390. The summed E-state index contributed by atoms with van der Waals surface area (Å²) in [6.07, 6.45) is 4.36. The van der Waals surface area contributed by atoms with Crippen LogP contribution in [0.3, 0.4) is 0 Å². The normalized spacial score (nSPS) is 12.6. The van der Waals surface area contributed by atoms with E-state index in [0.29, 0.717) is 22.7 Å². The molecular weight excluding hydrogens is 361 g/mol. The molecule has 1 aromatic heterocycles. The third-order valence-corrected chi connectivity index (χ3v) is 3.70. The van der Waals surface area contributed by atoms with Crippen LogP contribution in [0.2, 0.25) is 0 Å². The van der Waals surface area contributed by atoms with Crippen molar-refractivity contribution >= 4 is 24.0 Å². The van der Waals surface area contributed by atoms with Crippen LogP contribution >= 0.6 is 0 Å². The van der Waals surface area contributed by atoms with Gasteiger partial charge in [0.15, 0.2) is 5.84 Å². The van der Waals surface area contributed by atoms with Gasteiger partial charge in [0.25, 0.3) is 0 Å². The minimum absolute atomic E-state index is 0.0160. The Bertz CT molecular complexity index is 895. The molecule has 0 aliphatic rings. The van der Waals surface area contributed by atoms with E-state index in [2.05, 4.69) is 32.5 Å². The molecule has 2 rings (SSSR count). The molecule has 0 saturated heterocycles. The standard InChI is InChI=1S/C19H22FN7O/c1-23-14(10-21)12-26-19(24-2)16(22)9-18(17-7-8-28-27-17)25-11-13-5-3-4-6-15(13)20/h3-9,12,22-23,25H,2,10-11,21H2,1H3/b14-12+,18-9-,22-16?,26-19-. The number of nitrogens with one attached hydrogen (secondary N) is 3. The van der Waals surface area contributed by atoms with Gasteiger partial charge in [-0.15, -0.1) is 0 Å². The number of amidine groups is 1. The molecule has 0 radical (unpaired) electrons. The highest BCUT2D eigenvalue weighted by molar-refractivity contribution is 6.46. The number of rotatable bonds is 9. The maximum Gasteiger partial charge on any atom is 0.176 e. The van der Waals surface area contributed by atoms with Gasteiger partial charge in [0.2, 0.25) is 0 Å². The van der Waals surface area contributed by atoms with E-state index in [1.165, 1.54) is 24.6 Å². The third-order valence-electron chi connectivity index (χ3n) is 3.70. The minimum Gasteiger partial charge on any atom is -0.389 e. The summed E-state index contributed by atoms with van der Waals surface area (Å²) in [5.41, 5.74) is 7.61. The third kappa shape index (κ3) is 5.71. The van der Waals surface area contributed by atoms with Crippen LogP contribution in [0.5, 0.6) is 0 Å². The van der Waals surface area contributed by atoms with Crippen LogP contribution in [-0.4, -0.2) is 37.0 Å². The first-order valence-electron chi connectivity index (χ1n) is 8.39. The van der Waals surface area contributed by atoms with Crippen molar-refractivity contribution in [1.29, 1.82) is 5.41 Å². The summed E-state index contributed by atoms with van der Waals surface area (Å²) in [5, 5.41) is 18.1. The SMILES string of the molecule is C=N/C(=N\C=C(/CN)NC)C(=N)/C=C(\NCc1ccccc1F)c1ccon1. The lowest BCUT2D eigenvalue weighted by Crippen LogP contribution is -2.17. The van der Waals surface area contributed by atoms with E-state index in [4.69, 9.17) is 15.7 Å². The number of hydrogen-bond acceptors (Lipinski definition) is 7. The van der Waals surface area contributed by atoms with Crippen LogP contribution in [0, 0.1) is 11.2 Å². The second-order valence-electron chi connectivity index (χ2n) is 5.52. The number of hydrogen-bond donors (Lipinski definition) is 4. The van der Waals surface area contributed by atoms with E-state index in [1.807, 2.05) is 0 Å². The monoisotopic (exact) mass is 383 g/mol. The summed E-state index contributed by atoms with van der Waals surface area (Å²) < 4.78 is 18.7. The predicted molar refractivity (Wildman–Crippen MR) is 109 cm³/mol. The van der Waals surface area contributed by atoms with Crippen molar-refractivity contribution in [1.82, 2.24) is 15.8 Å². The molecule has 0 unspecified atom stereocenters. The summed E-state index contributed by atoms with van der Waals surface area (Å²) in [4.78, 5) is 7.91. The number of nitrogens with two attached hydrogens (primary N) is 1. The van der Waals surface area contributed by atoms with Crippen molar-refractivity contribution in [3.63, 3.8) is 0 Å². The Labute approximate surface area is 162 Å². The van der Waals surface area contributed by atoms with E-state index in [9.17, 15) is 4.39 Å². The number of nitrogens with zero attached hydrogens (tertiary/aromatic N) is 3. The molecule has 0 saturated carbocycles. The zero-order valence-electron chi connectivity index (χ0n) is 15.4. The lowest BCUT2D eigenvalue weighted by atomic mass is 10.2. The molecule has 0 atom stereocenters. The second-order valence-corrected chi connectivity index (χ2v) is 5.52. The summed E-state index contributed by atoms with van der Waals surface area (Å²) in [5.74, 6) is -0.235. The molecule has 0 spiro atoms. The lowest BCUT2D eigenvalue weighted by Gasteiger charge is -2.10. The van der Waals surface area contributed by atoms with Crippen LogP contribution in [0.15, 0.2) is 69.1 Å². The molecule has 1 aromatic carbocycles. The van der Waals surface area contributed by atoms with E-state index in [-0.39, 0.29) is 30.5 Å². The predicted octanol–water partition coefficient (Wildman–Crippen LogP) is 2.08. The van der Waals surface area contributed by atoms with Gasteiger partial charge in [-0.3, -0.25) is 5.41 Å². The number of aromatic nitrogens is 1. The van der Waals surface area contributed by atoms with E-state index in [0.717, 1.165) is 0 Å². The lowest BCUT2D eigenvalue weighted by molar-refractivity contribution is 0.417. The summed E-state index contributed by atoms with van der Waals surface area (Å²) in [6.45, 7) is 3.91. The van der Waals surface area contributed by atoms with Crippen molar-refractivity contribution in [3.8, 4) is 0 Å². The van der Waals surface area contributed by atoms with E-state index in [1.54, 1.807) is 31.3 Å². The molecule has 8 nitrogen and oxygen atoms in total. The van der Waals surface area contributed by atoms with Gasteiger partial charge in [0.05, 0.1) is 5.70 Å². The summed E-state index contributed by atoms with van der Waals surface area (Å²) in [7, 11) is 1.72. The Morgan fingerprint density at radius 2 is 2.18 bits per heavy atom. The molecule has 0 bridgehead atoms. The van der Waals surface area contributed by atoms with Gasteiger partial charge >= 0.3 is 0 Å². The van der Waals surface area contributed by atoms with Gasteiger partial charge in [0.1, 0.15) is 23.5 Å². The first-order valence-corrected chi connectivity index (χ1v) is 8.39. The number of aliphatic imine (C=N–C) groups is 2. The Morgan fingerprint density at radius 3 is 2.79 bits per heavy atom. The fraction of sp³-hybridized carbons (Fsp3) is 0.158.